The Morgan fingerprint density at radius 2 is 1.83 bits per heavy atom. The van der Waals surface area contributed by atoms with Crippen molar-refractivity contribution in [3.8, 4) is 6.07 Å². The lowest BCUT2D eigenvalue weighted by atomic mass is 9.41. The predicted octanol–water partition coefficient (Wildman–Crippen LogP) is 4.12. The van der Waals surface area contributed by atoms with Crippen LogP contribution in [0.4, 0.5) is 0 Å². The molecule has 5 rings (SSSR count). The van der Waals surface area contributed by atoms with Crippen molar-refractivity contribution in [3.63, 3.8) is 0 Å². The van der Waals surface area contributed by atoms with E-state index in [1.807, 2.05) is 0 Å². The molecule has 0 bridgehead atoms. The first-order chi connectivity index (χ1) is 11.4. The Morgan fingerprint density at radius 1 is 1.04 bits per heavy atom. The largest absolute Gasteiger partial charge is 0.380 e. The molecule has 1 spiro atoms. The summed E-state index contributed by atoms with van der Waals surface area (Å²) in [4.78, 5) is 0. The Morgan fingerprint density at radius 3 is 2.65 bits per heavy atom. The average molecular weight is 299 g/mol. The minimum absolute atomic E-state index is 0.108. The molecule has 2 aliphatic carbocycles. The number of fused-ring (bicyclic) bond motifs is 2. The highest BCUT2D eigenvalue weighted by Gasteiger charge is 2.68. The summed E-state index contributed by atoms with van der Waals surface area (Å²) in [5, 5.41) is 9.76. The third kappa shape index (κ3) is 1.51. The fourth-order valence-electron chi connectivity index (χ4n) is 5.16. The van der Waals surface area contributed by atoms with E-state index in [-0.39, 0.29) is 5.41 Å². The van der Waals surface area contributed by atoms with Gasteiger partial charge in [-0.25, -0.2) is 0 Å². The molecule has 1 saturated heterocycles. The highest BCUT2D eigenvalue weighted by molar-refractivity contribution is 5.70. The van der Waals surface area contributed by atoms with E-state index in [0.29, 0.717) is 24.4 Å². The van der Waals surface area contributed by atoms with Crippen LogP contribution in [0.3, 0.4) is 0 Å². The summed E-state index contributed by atoms with van der Waals surface area (Å²) in [6.45, 7) is 1.44. The summed E-state index contributed by atoms with van der Waals surface area (Å²) in [7, 11) is 0. The molecule has 4 atom stereocenters. The molecule has 23 heavy (non-hydrogen) atoms. The van der Waals surface area contributed by atoms with Gasteiger partial charge in [0, 0.05) is 22.8 Å². The number of nitrogens with zero attached hydrogens (tertiary/aromatic N) is 1. The second-order valence-electron chi connectivity index (χ2n) is 6.87. The number of hydrogen-bond acceptors (Lipinski definition) is 2. The van der Waals surface area contributed by atoms with Gasteiger partial charge in [-0.15, -0.1) is 0 Å². The number of rotatable bonds is 1. The molecule has 2 fully saturated rings. The first kappa shape index (κ1) is 13.1. The number of benzene rings is 2. The summed E-state index contributed by atoms with van der Waals surface area (Å²) in [5.74, 6) is 1.21. The maximum atomic E-state index is 9.76. The number of nitriles is 1. The normalized spacial score (nSPS) is 33.5. The summed E-state index contributed by atoms with van der Waals surface area (Å²) in [6.07, 6.45) is 2.09. The molecule has 0 N–H and O–H groups in total. The summed E-state index contributed by atoms with van der Waals surface area (Å²) in [5.41, 5.74) is 4.76. The Balaban J connectivity index is 1.73. The average Bonchev–Trinajstić information content (AvgIpc) is 2.93. The van der Waals surface area contributed by atoms with Gasteiger partial charge >= 0.3 is 0 Å². The van der Waals surface area contributed by atoms with Gasteiger partial charge in [0.05, 0.1) is 19.3 Å². The Bertz CT molecular complexity index is 848. The van der Waals surface area contributed by atoms with Crippen LogP contribution < -0.4 is 0 Å². The minimum Gasteiger partial charge on any atom is -0.380 e. The molecule has 1 saturated carbocycles. The van der Waals surface area contributed by atoms with Gasteiger partial charge < -0.3 is 4.74 Å². The van der Waals surface area contributed by atoms with Crippen LogP contribution in [0, 0.1) is 22.7 Å². The van der Waals surface area contributed by atoms with Crippen LogP contribution in [-0.2, 0) is 4.74 Å². The number of hydrogen-bond donors (Lipinski definition) is 0. The Hall–Kier alpha value is -2.37. The Kier molecular flexibility index (Phi) is 2.60. The van der Waals surface area contributed by atoms with Crippen molar-refractivity contribution in [1.29, 1.82) is 5.26 Å². The zero-order chi connectivity index (χ0) is 15.4. The van der Waals surface area contributed by atoms with E-state index >= 15 is 0 Å². The molecule has 1 aliphatic heterocycles. The van der Waals surface area contributed by atoms with Crippen molar-refractivity contribution >= 4 is 6.08 Å². The molecule has 4 unspecified atom stereocenters. The zero-order valence-electron chi connectivity index (χ0n) is 12.8. The lowest BCUT2D eigenvalue weighted by Gasteiger charge is -2.59. The molecule has 0 amide bonds. The first-order valence-electron chi connectivity index (χ1n) is 8.20. The zero-order valence-corrected chi connectivity index (χ0v) is 12.8. The molecule has 2 aromatic carbocycles. The van der Waals surface area contributed by atoms with Crippen molar-refractivity contribution in [2.75, 3.05) is 13.2 Å². The van der Waals surface area contributed by atoms with Crippen molar-refractivity contribution in [1.82, 2.24) is 0 Å². The number of ether oxygens (including phenoxy) is 1. The first-order valence-corrected chi connectivity index (χ1v) is 8.20. The molecule has 112 valence electrons. The van der Waals surface area contributed by atoms with E-state index in [1.54, 1.807) is 0 Å². The second-order valence-corrected chi connectivity index (χ2v) is 6.87. The third-order valence-corrected chi connectivity index (χ3v) is 6.08. The molecule has 0 radical (unpaired) electrons. The maximum Gasteiger partial charge on any atom is 0.0954 e. The van der Waals surface area contributed by atoms with E-state index in [2.05, 4.69) is 66.7 Å². The van der Waals surface area contributed by atoms with Crippen LogP contribution in [0.5, 0.6) is 0 Å². The van der Waals surface area contributed by atoms with E-state index in [1.165, 1.54) is 16.7 Å². The van der Waals surface area contributed by atoms with Gasteiger partial charge in [0.25, 0.3) is 0 Å². The standard InChI is InChI=1S/C21H17NO/c22-11-16-10-15-8-4-5-9-17(15)20-19(14-6-2-1-3-7-14)18-12-23-13-21(16,18)20/h1-10,18-20H,12-13H2. The fourth-order valence-corrected chi connectivity index (χ4v) is 5.16. The summed E-state index contributed by atoms with van der Waals surface area (Å²) >= 11 is 0. The molecular formula is C21H17NO. The topological polar surface area (TPSA) is 33.0 Å². The maximum absolute atomic E-state index is 9.76. The van der Waals surface area contributed by atoms with Gasteiger partial charge in [-0.05, 0) is 28.7 Å². The van der Waals surface area contributed by atoms with Crippen LogP contribution in [-0.4, -0.2) is 13.2 Å². The van der Waals surface area contributed by atoms with Gasteiger partial charge in [-0.3, -0.25) is 0 Å². The van der Waals surface area contributed by atoms with Crippen LogP contribution in [0.2, 0.25) is 0 Å². The van der Waals surface area contributed by atoms with Gasteiger partial charge in [0.1, 0.15) is 0 Å². The predicted molar refractivity (Wildman–Crippen MR) is 88.7 cm³/mol. The minimum atomic E-state index is -0.108. The van der Waals surface area contributed by atoms with Crippen molar-refractivity contribution in [2.24, 2.45) is 11.3 Å². The monoisotopic (exact) mass is 299 g/mol. The van der Waals surface area contributed by atoms with Gasteiger partial charge in [0.15, 0.2) is 0 Å². The van der Waals surface area contributed by atoms with Crippen LogP contribution in [0.1, 0.15) is 28.5 Å². The lowest BCUT2D eigenvalue weighted by Crippen LogP contribution is -2.55. The smallest absolute Gasteiger partial charge is 0.0954 e. The highest BCUT2D eigenvalue weighted by Crippen LogP contribution is 2.72. The van der Waals surface area contributed by atoms with Crippen LogP contribution >= 0.6 is 0 Å². The SMILES string of the molecule is N#CC1=Cc2ccccc2C2C(c3ccccc3)C3COCC132. The van der Waals surface area contributed by atoms with Crippen LogP contribution in [0.25, 0.3) is 6.08 Å². The molecule has 1 heterocycles. The lowest BCUT2D eigenvalue weighted by molar-refractivity contribution is 0.0495. The molecular weight excluding hydrogens is 282 g/mol. The third-order valence-electron chi connectivity index (χ3n) is 6.08. The van der Waals surface area contributed by atoms with Gasteiger partial charge in [-0.1, -0.05) is 54.6 Å². The van der Waals surface area contributed by atoms with E-state index < -0.39 is 0 Å². The summed E-state index contributed by atoms with van der Waals surface area (Å²) in [6, 6.07) is 21.8. The van der Waals surface area contributed by atoms with Crippen molar-refractivity contribution in [2.45, 2.75) is 11.8 Å². The van der Waals surface area contributed by atoms with E-state index in [0.717, 1.165) is 12.2 Å². The molecule has 2 aromatic rings. The molecule has 3 aliphatic rings. The molecule has 2 heteroatoms. The van der Waals surface area contributed by atoms with E-state index in [9.17, 15) is 5.26 Å². The second kappa shape index (κ2) is 4.57. The molecule has 2 nitrogen and oxygen atoms in total. The fraction of sp³-hybridized carbons (Fsp3) is 0.286. The highest BCUT2D eigenvalue weighted by atomic mass is 16.5. The molecule has 0 aromatic heterocycles. The van der Waals surface area contributed by atoms with E-state index in [4.69, 9.17) is 4.74 Å². The van der Waals surface area contributed by atoms with Crippen molar-refractivity contribution in [3.05, 3.63) is 76.9 Å². The van der Waals surface area contributed by atoms with Crippen LogP contribution in [0.15, 0.2) is 60.2 Å². The van der Waals surface area contributed by atoms with Crippen molar-refractivity contribution < 1.29 is 4.74 Å². The quantitative estimate of drug-likeness (QED) is 0.793. The van der Waals surface area contributed by atoms with Gasteiger partial charge in [0.2, 0.25) is 0 Å². The Labute approximate surface area is 136 Å². The summed E-state index contributed by atoms with van der Waals surface area (Å²) < 4.78 is 5.90. The van der Waals surface area contributed by atoms with Gasteiger partial charge in [-0.2, -0.15) is 5.26 Å².